The summed E-state index contributed by atoms with van der Waals surface area (Å²) in [5, 5.41) is 2.80. The lowest BCUT2D eigenvalue weighted by molar-refractivity contribution is 0.0915. The van der Waals surface area contributed by atoms with E-state index in [1.165, 1.54) is 6.07 Å². The largest absolute Gasteiger partial charge is 0.346 e. The summed E-state index contributed by atoms with van der Waals surface area (Å²) in [4.78, 5) is 12.1. The van der Waals surface area contributed by atoms with E-state index < -0.39 is 15.6 Å². The van der Waals surface area contributed by atoms with E-state index >= 15 is 0 Å². The van der Waals surface area contributed by atoms with Crippen molar-refractivity contribution < 1.29 is 13.2 Å². The number of nitrogens with two attached hydrogens (primary N) is 1. The van der Waals surface area contributed by atoms with Crippen molar-refractivity contribution in [1.29, 1.82) is 0 Å². The summed E-state index contributed by atoms with van der Waals surface area (Å²) in [6, 6.07) is 6.38. The minimum Gasteiger partial charge on any atom is -0.346 e. The Balaban J connectivity index is 0.00000441. The second-order valence-corrected chi connectivity index (χ2v) is 7.39. The van der Waals surface area contributed by atoms with Crippen LogP contribution < -0.4 is 15.8 Å². The molecule has 0 heterocycles. The smallest absolute Gasteiger partial charge is 0.251 e. The highest BCUT2D eigenvalue weighted by molar-refractivity contribution is 7.92. The molecule has 22 heavy (non-hydrogen) atoms. The van der Waals surface area contributed by atoms with Gasteiger partial charge in [0.25, 0.3) is 5.91 Å². The molecule has 0 bridgehead atoms. The van der Waals surface area contributed by atoms with Gasteiger partial charge < -0.3 is 11.1 Å². The monoisotopic (exact) mass is 349 g/mol. The summed E-state index contributed by atoms with van der Waals surface area (Å²) in [6.45, 7) is 5.73. The molecule has 1 aromatic carbocycles. The zero-order chi connectivity index (χ0) is 16.1. The van der Waals surface area contributed by atoms with E-state index in [4.69, 9.17) is 5.73 Å². The van der Waals surface area contributed by atoms with Gasteiger partial charge in [0.1, 0.15) is 0 Å². The first-order valence-corrected chi connectivity index (χ1v) is 8.47. The number of hydrogen-bond donors (Lipinski definition) is 3. The fourth-order valence-electron chi connectivity index (χ4n) is 1.65. The third-order valence-corrected chi connectivity index (χ3v) is 4.33. The van der Waals surface area contributed by atoms with E-state index in [1.54, 1.807) is 25.1 Å². The molecule has 8 heteroatoms. The Morgan fingerprint density at radius 2 is 1.95 bits per heavy atom. The number of benzene rings is 1. The first-order valence-electron chi connectivity index (χ1n) is 6.82. The molecule has 0 fully saturated rings. The Hall–Kier alpha value is -1.31. The molecule has 1 rings (SSSR count). The van der Waals surface area contributed by atoms with Crippen molar-refractivity contribution in [2.24, 2.45) is 5.73 Å². The standard InChI is InChI=1S/C14H23N3O3S.ClH/c1-4-8-21(19,20)17-12-7-5-6-11(9-12)13(18)16-14(2,3)10-15;/h5-7,9,17H,4,8,10,15H2,1-3H3,(H,16,18);1H. The predicted octanol–water partition coefficient (Wildman–Crippen LogP) is 1.73. The van der Waals surface area contributed by atoms with E-state index in [0.717, 1.165) is 0 Å². The van der Waals surface area contributed by atoms with Gasteiger partial charge >= 0.3 is 0 Å². The van der Waals surface area contributed by atoms with Crippen LogP contribution in [0.3, 0.4) is 0 Å². The van der Waals surface area contributed by atoms with Crippen molar-refractivity contribution in [2.45, 2.75) is 32.7 Å². The first kappa shape index (κ1) is 20.7. The number of carbonyl (C=O) groups excluding carboxylic acids is 1. The molecule has 126 valence electrons. The summed E-state index contributed by atoms with van der Waals surface area (Å²) in [7, 11) is -3.37. The normalized spacial score (nSPS) is 11.5. The lowest BCUT2D eigenvalue weighted by Crippen LogP contribution is -2.48. The minimum atomic E-state index is -3.37. The molecule has 0 aliphatic rings. The van der Waals surface area contributed by atoms with Crippen molar-refractivity contribution in [1.82, 2.24) is 5.32 Å². The highest BCUT2D eigenvalue weighted by Crippen LogP contribution is 2.14. The average molecular weight is 350 g/mol. The molecule has 6 nitrogen and oxygen atoms in total. The molecule has 0 radical (unpaired) electrons. The van der Waals surface area contributed by atoms with Crippen molar-refractivity contribution in [2.75, 3.05) is 17.0 Å². The van der Waals surface area contributed by atoms with Crippen molar-refractivity contribution in [3.8, 4) is 0 Å². The van der Waals surface area contributed by atoms with Gasteiger partial charge in [-0.1, -0.05) is 13.0 Å². The van der Waals surface area contributed by atoms with Gasteiger partial charge in [0, 0.05) is 23.3 Å². The highest BCUT2D eigenvalue weighted by Gasteiger charge is 2.19. The SMILES string of the molecule is CCCS(=O)(=O)Nc1cccc(C(=O)NC(C)(C)CN)c1.Cl. The molecule has 0 saturated heterocycles. The van der Waals surface area contributed by atoms with E-state index in [9.17, 15) is 13.2 Å². The summed E-state index contributed by atoms with van der Waals surface area (Å²) >= 11 is 0. The van der Waals surface area contributed by atoms with Crippen LogP contribution in [0.15, 0.2) is 24.3 Å². The summed E-state index contributed by atoms with van der Waals surface area (Å²) in [6.07, 6.45) is 0.528. The zero-order valence-electron chi connectivity index (χ0n) is 13.0. The van der Waals surface area contributed by atoms with Gasteiger partial charge in [-0.2, -0.15) is 0 Å². The number of rotatable bonds is 7. The van der Waals surface area contributed by atoms with Crippen LogP contribution in [0, 0.1) is 0 Å². The molecule has 0 saturated carbocycles. The summed E-state index contributed by atoms with van der Waals surface area (Å²) in [5.41, 5.74) is 5.81. The Labute approximate surface area is 138 Å². The highest BCUT2D eigenvalue weighted by atomic mass is 35.5. The van der Waals surface area contributed by atoms with Crippen LogP contribution in [-0.4, -0.2) is 32.2 Å². The second kappa shape index (κ2) is 8.36. The number of anilines is 1. The van der Waals surface area contributed by atoms with Crippen LogP contribution in [0.2, 0.25) is 0 Å². The van der Waals surface area contributed by atoms with Crippen molar-refractivity contribution in [3.63, 3.8) is 0 Å². The Morgan fingerprint density at radius 3 is 2.50 bits per heavy atom. The maximum Gasteiger partial charge on any atom is 0.251 e. The number of hydrogen-bond acceptors (Lipinski definition) is 4. The first-order chi connectivity index (χ1) is 9.69. The van der Waals surface area contributed by atoms with Crippen LogP contribution in [0.4, 0.5) is 5.69 Å². The average Bonchev–Trinajstić information content (AvgIpc) is 2.37. The number of nitrogens with one attached hydrogen (secondary N) is 2. The topological polar surface area (TPSA) is 101 Å². The van der Waals surface area contributed by atoms with Crippen LogP contribution in [0.1, 0.15) is 37.6 Å². The molecule has 0 aromatic heterocycles. The number of halogens is 1. The third-order valence-electron chi connectivity index (χ3n) is 2.83. The van der Waals surface area contributed by atoms with Crippen LogP contribution in [0.5, 0.6) is 0 Å². The van der Waals surface area contributed by atoms with Gasteiger partial charge in [0.05, 0.1) is 5.75 Å². The maximum atomic E-state index is 12.1. The van der Waals surface area contributed by atoms with E-state index in [1.807, 2.05) is 13.8 Å². The molecule has 0 aliphatic heterocycles. The Bertz CT molecular complexity index is 603. The summed E-state index contributed by atoms with van der Waals surface area (Å²) in [5.74, 6) is -0.245. The fourth-order valence-corrected chi connectivity index (χ4v) is 2.78. The quantitative estimate of drug-likeness (QED) is 0.697. The van der Waals surface area contributed by atoms with Crippen LogP contribution >= 0.6 is 12.4 Å². The minimum absolute atomic E-state index is 0. The molecular weight excluding hydrogens is 326 g/mol. The Morgan fingerprint density at radius 1 is 1.32 bits per heavy atom. The maximum absolute atomic E-state index is 12.1. The molecule has 0 aliphatic carbocycles. The predicted molar refractivity (Wildman–Crippen MR) is 92.0 cm³/mol. The molecule has 0 unspecified atom stereocenters. The molecule has 1 aromatic rings. The lowest BCUT2D eigenvalue weighted by atomic mass is 10.1. The molecule has 1 amide bonds. The van der Waals surface area contributed by atoms with Gasteiger partial charge in [-0.05, 0) is 38.5 Å². The molecular formula is C14H24ClN3O3S. The molecule has 0 atom stereocenters. The van der Waals surface area contributed by atoms with Gasteiger partial charge in [-0.15, -0.1) is 12.4 Å². The van der Waals surface area contributed by atoms with Gasteiger partial charge in [-0.25, -0.2) is 8.42 Å². The van der Waals surface area contributed by atoms with Crippen LogP contribution in [0.25, 0.3) is 0 Å². The number of sulfonamides is 1. The van der Waals surface area contributed by atoms with Crippen LogP contribution in [-0.2, 0) is 10.0 Å². The Kier molecular flexibility index (Phi) is 7.86. The number of amides is 1. The van der Waals surface area contributed by atoms with E-state index in [-0.39, 0.29) is 24.1 Å². The van der Waals surface area contributed by atoms with Gasteiger partial charge in [0.15, 0.2) is 0 Å². The fraction of sp³-hybridized carbons (Fsp3) is 0.500. The van der Waals surface area contributed by atoms with E-state index in [0.29, 0.717) is 24.2 Å². The summed E-state index contributed by atoms with van der Waals surface area (Å²) < 4.78 is 25.9. The van der Waals surface area contributed by atoms with Gasteiger partial charge in [-0.3, -0.25) is 9.52 Å². The molecule has 0 spiro atoms. The van der Waals surface area contributed by atoms with Crippen molar-refractivity contribution in [3.05, 3.63) is 29.8 Å². The lowest BCUT2D eigenvalue weighted by Gasteiger charge is -2.24. The van der Waals surface area contributed by atoms with Gasteiger partial charge in [0.2, 0.25) is 10.0 Å². The van der Waals surface area contributed by atoms with E-state index in [2.05, 4.69) is 10.0 Å². The second-order valence-electron chi connectivity index (χ2n) is 5.54. The third kappa shape index (κ3) is 6.64. The number of carbonyl (C=O) groups is 1. The molecule has 4 N–H and O–H groups in total. The zero-order valence-corrected chi connectivity index (χ0v) is 14.7. The van der Waals surface area contributed by atoms with Crippen molar-refractivity contribution >= 4 is 34.0 Å².